The van der Waals surface area contributed by atoms with Gasteiger partial charge in [0.1, 0.15) is 11.6 Å². The molecule has 0 saturated carbocycles. The number of halogens is 2. The van der Waals surface area contributed by atoms with Crippen molar-refractivity contribution in [2.24, 2.45) is 0 Å². The van der Waals surface area contributed by atoms with E-state index in [0.29, 0.717) is 27.6 Å². The monoisotopic (exact) mass is 507 g/mol. The second-order valence-electron chi connectivity index (χ2n) is 8.11. The molecule has 1 aliphatic heterocycles. The fourth-order valence-corrected chi connectivity index (χ4v) is 5.09. The first-order valence-electron chi connectivity index (χ1n) is 10.6. The molecule has 34 heavy (non-hydrogen) atoms. The number of nitrogens with zero attached hydrogens (tertiary/aromatic N) is 2. The van der Waals surface area contributed by atoms with Gasteiger partial charge in [-0.25, -0.2) is 12.8 Å². The minimum Gasteiger partial charge on any atom is -0.481 e. The van der Waals surface area contributed by atoms with Gasteiger partial charge < -0.3 is 14.6 Å². The number of benzene rings is 2. The second-order valence-corrected chi connectivity index (χ2v) is 10.5. The van der Waals surface area contributed by atoms with Crippen molar-refractivity contribution in [3.05, 3.63) is 63.8 Å². The molecular formula is C23H23ClFN3O5S. The van der Waals surface area contributed by atoms with Gasteiger partial charge in [0.2, 0.25) is 10.0 Å². The molecule has 0 aliphatic carbocycles. The van der Waals surface area contributed by atoms with Gasteiger partial charge in [0, 0.05) is 43.5 Å². The Labute approximate surface area is 200 Å². The molecule has 180 valence electrons. The summed E-state index contributed by atoms with van der Waals surface area (Å²) < 4.78 is 44.0. The van der Waals surface area contributed by atoms with Gasteiger partial charge in [-0.3, -0.25) is 9.59 Å². The first-order valence-corrected chi connectivity index (χ1v) is 12.8. The van der Waals surface area contributed by atoms with Crippen LogP contribution in [0.4, 0.5) is 4.39 Å². The SMILES string of the molecule is C[C@@H](Oc1ccc2c(-c3ccc(F)cc3Cl)c[nH]c(=O)c2c1)C(=O)N1CCN(S(C)(=O)=O)CC1. The van der Waals surface area contributed by atoms with Crippen molar-refractivity contribution in [1.29, 1.82) is 0 Å². The van der Waals surface area contributed by atoms with Crippen LogP contribution >= 0.6 is 11.6 Å². The maximum Gasteiger partial charge on any atom is 0.263 e. The van der Waals surface area contributed by atoms with Crippen molar-refractivity contribution in [2.45, 2.75) is 13.0 Å². The van der Waals surface area contributed by atoms with Crippen LogP contribution in [0.5, 0.6) is 5.75 Å². The molecule has 1 atom stereocenters. The molecule has 1 aromatic heterocycles. The van der Waals surface area contributed by atoms with E-state index in [9.17, 15) is 22.4 Å². The lowest BCUT2D eigenvalue weighted by Crippen LogP contribution is -2.53. The molecule has 0 radical (unpaired) electrons. The first-order chi connectivity index (χ1) is 16.0. The van der Waals surface area contributed by atoms with E-state index in [4.69, 9.17) is 16.3 Å². The van der Waals surface area contributed by atoms with Crippen molar-refractivity contribution >= 4 is 38.3 Å². The van der Waals surface area contributed by atoms with E-state index in [-0.39, 0.29) is 42.7 Å². The van der Waals surface area contributed by atoms with Gasteiger partial charge >= 0.3 is 0 Å². The minimum absolute atomic E-state index is 0.212. The fourth-order valence-electron chi connectivity index (χ4n) is 4.00. The van der Waals surface area contributed by atoms with Crippen molar-refractivity contribution < 1.29 is 22.3 Å². The Morgan fingerprint density at radius 2 is 1.79 bits per heavy atom. The lowest BCUT2D eigenvalue weighted by molar-refractivity contribution is -0.139. The normalized spacial score (nSPS) is 15.9. The standard InChI is InChI=1S/C23H23ClFN3O5S/c1-14(23(30)27-7-9-28(10-8-27)34(2,31)32)33-16-4-6-17-19(12-16)22(29)26-13-20(17)18-5-3-15(25)11-21(18)24/h3-6,11-14H,7-10H2,1-2H3,(H,26,29)/t14-/m1/s1. The average Bonchev–Trinajstić information content (AvgIpc) is 2.79. The highest BCUT2D eigenvalue weighted by Crippen LogP contribution is 2.33. The van der Waals surface area contributed by atoms with Gasteiger partial charge in [-0.2, -0.15) is 4.31 Å². The summed E-state index contributed by atoms with van der Waals surface area (Å²) in [5, 5.41) is 1.14. The van der Waals surface area contributed by atoms with Gasteiger partial charge in [-0.1, -0.05) is 11.6 Å². The fraction of sp³-hybridized carbons (Fsp3) is 0.304. The van der Waals surface area contributed by atoms with Crippen LogP contribution in [0.1, 0.15) is 6.92 Å². The number of hydrogen-bond acceptors (Lipinski definition) is 5. The molecule has 1 N–H and O–H groups in total. The van der Waals surface area contributed by atoms with Crippen LogP contribution < -0.4 is 10.3 Å². The van der Waals surface area contributed by atoms with E-state index in [1.807, 2.05) is 0 Å². The zero-order valence-corrected chi connectivity index (χ0v) is 20.1. The molecule has 2 heterocycles. The summed E-state index contributed by atoms with van der Waals surface area (Å²) in [5.41, 5.74) is 0.840. The summed E-state index contributed by atoms with van der Waals surface area (Å²) in [6, 6.07) is 8.91. The van der Waals surface area contributed by atoms with E-state index in [0.717, 1.165) is 6.26 Å². The highest BCUT2D eigenvalue weighted by molar-refractivity contribution is 7.88. The van der Waals surface area contributed by atoms with Crippen LogP contribution in [0, 0.1) is 5.82 Å². The Balaban J connectivity index is 1.55. The average molecular weight is 508 g/mol. The molecule has 1 aliphatic rings. The van der Waals surface area contributed by atoms with Gasteiger partial charge in [0.15, 0.2) is 6.10 Å². The van der Waals surface area contributed by atoms with E-state index < -0.39 is 21.9 Å². The number of rotatable bonds is 5. The predicted molar refractivity (Wildman–Crippen MR) is 128 cm³/mol. The highest BCUT2D eigenvalue weighted by Gasteiger charge is 2.29. The summed E-state index contributed by atoms with van der Waals surface area (Å²) in [4.78, 5) is 29.5. The molecule has 8 nitrogen and oxygen atoms in total. The number of piperazine rings is 1. The second kappa shape index (κ2) is 9.36. The molecule has 1 amide bonds. The molecular weight excluding hydrogens is 485 g/mol. The van der Waals surface area contributed by atoms with Crippen LogP contribution in [0.15, 0.2) is 47.4 Å². The smallest absolute Gasteiger partial charge is 0.263 e. The van der Waals surface area contributed by atoms with Crippen molar-refractivity contribution in [3.8, 4) is 16.9 Å². The van der Waals surface area contributed by atoms with Gasteiger partial charge in [-0.05, 0) is 48.7 Å². The van der Waals surface area contributed by atoms with Crippen molar-refractivity contribution in [3.63, 3.8) is 0 Å². The molecule has 4 rings (SSSR count). The third-order valence-corrected chi connectivity index (χ3v) is 7.39. The minimum atomic E-state index is -3.29. The Kier molecular flexibility index (Phi) is 6.66. The van der Waals surface area contributed by atoms with E-state index in [1.165, 1.54) is 22.6 Å². The number of H-pyrrole nitrogens is 1. The lowest BCUT2D eigenvalue weighted by Gasteiger charge is -2.34. The number of ether oxygens (including phenoxy) is 1. The van der Waals surface area contributed by atoms with E-state index >= 15 is 0 Å². The molecule has 1 fully saturated rings. The Bertz CT molecular complexity index is 1420. The lowest BCUT2D eigenvalue weighted by atomic mass is 10.0. The quantitative estimate of drug-likeness (QED) is 0.572. The summed E-state index contributed by atoms with van der Waals surface area (Å²) in [7, 11) is -3.29. The van der Waals surface area contributed by atoms with Crippen LogP contribution in [0.25, 0.3) is 21.9 Å². The zero-order valence-electron chi connectivity index (χ0n) is 18.5. The number of pyridine rings is 1. The summed E-state index contributed by atoms with van der Waals surface area (Å²) >= 11 is 6.21. The van der Waals surface area contributed by atoms with Gasteiger partial charge in [0.05, 0.1) is 16.7 Å². The van der Waals surface area contributed by atoms with Crippen LogP contribution in [0.2, 0.25) is 5.02 Å². The Morgan fingerprint density at radius 3 is 2.44 bits per heavy atom. The van der Waals surface area contributed by atoms with Gasteiger partial charge in [-0.15, -0.1) is 0 Å². The summed E-state index contributed by atoms with van der Waals surface area (Å²) in [6.07, 6.45) is 1.83. The molecule has 0 unspecified atom stereocenters. The number of carbonyl (C=O) groups is 1. The number of aromatic amines is 1. The first kappa shape index (κ1) is 24.2. The van der Waals surface area contributed by atoms with Crippen molar-refractivity contribution in [2.75, 3.05) is 32.4 Å². The predicted octanol–water partition coefficient (Wildman–Crippen LogP) is 2.86. The highest BCUT2D eigenvalue weighted by atomic mass is 35.5. The molecule has 0 spiro atoms. The third-order valence-electron chi connectivity index (χ3n) is 5.77. The molecule has 1 saturated heterocycles. The largest absolute Gasteiger partial charge is 0.481 e. The van der Waals surface area contributed by atoms with Crippen molar-refractivity contribution in [1.82, 2.24) is 14.2 Å². The number of sulfonamides is 1. The Hall–Kier alpha value is -2.95. The number of aromatic nitrogens is 1. The summed E-state index contributed by atoms with van der Waals surface area (Å²) in [6.45, 7) is 2.63. The molecule has 11 heteroatoms. The maximum absolute atomic E-state index is 13.5. The van der Waals surface area contributed by atoms with Gasteiger partial charge in [0.25, 0.3) is 11.5 Å². The summed E-state index contributed by atoms with van der Waals surface area (Å²) in [5.74, 6) is -0.403. The number of nitrogens with one attached hydrogen (secondary N) is 1. The Morgan fingerprint density at radius 1 is 1.09 bits per heavy atom. The number of carbonyl (C=O) groups excluding carboxylic acids is 1. The van der Waals surface area contributed by atoms with Crippen LogP contribution in [0.3, 0.4) is 0 Å². The van der Waals surface area contributed by atoms with E-state index in [1.54, 1.807) is 36.1 Å². The number of hydrogen-bond donors (Lipinski definition) is 1. The number of fused-ring (bicyclic) bond motifs is 1. The number of amides is 1. The zero-order chi connectivity index (χ0) is 24.6. The molecule has 3 aromatic rings. The van der Waals surface area contributed by atoms with Crippen LogP contribution in [-0.2, 0) is 14.8 Å². The van der Waals surface area contributed by atoms with E-state index in [2.05, 4.69) is 4.98 Å². The third kappa shape index (κ3) is 4.94. The topological polar surface area (TPSA) is 99.8 Å². The molecule has 0 bridgehead atoms. The van der Waals surface area contributed by atoms with Crippen LogP contribution in [-0.4, -0.2) is 67.1 Å². The maximum atomic E-state index is 13.5. The molecule has 2 aromatic carbocycles.